The maximum Gasteiger partial charge on any atom is 0.306 e. The van der Waals surface area contributed by atoms with E-state index in [9.17, 15) is 18.3 Å². The highest BCUT2D eigenvalue weighted by atomic mass is 35.7. The van der Waals surface area contributed by atoms with Crippen molar-refractivity contribution in [2.75, 3.05) is 0 Å². The number of carbonyl (C=O) groups is 1. The van der Waals surface area contributed by atoms with E-state index in [0.717, 1.165) is 24.1 Å². The molecule has 1 N–H and O–H groups in total. The number of carboxylic acid groups (broad SMARTS) is 1. The van der Waals surface area contributed by atoms with Gasteiger partial charge in [0.15, 0.2) is 0 Å². The van der Waals surface area contributed by atoms with Gasteiger partial charge in [-0.3, -0.25) is 9.78 Å². The summed E-state index contributed by atoms with van der Waals surface area (Å²) < 4.78 is 24.5. The summed E-state index contributed by atoms with van der Waals surface area (Å²) in [5.74, 6) is -0.925. The van der Waals surface area contributed by atoms with Gasteiger partial charge in [-0.1, -0.05) is 0 Å². The van der Waals surface area contributed by atoms with Crippen molar-refractivity contribution in [3.05, 3.63) is 35.2 Å². The van der Waals surface area contributed by atoms with Crippen LogP contribution in [0, 0.1) is 5.92 Å². The van der Waals surface area contributed by atoms with Crippen LogP contribution >= 0.6 is 10.7 Å². The molecule has 1 aromatic heterocycles. The van der Waals surface area contributed by atoms with Gasteiger partial charge in [-0.05, 0) is 55.4 Å². The van der Waals surface area contributed by atoms with Crippen LogP contribution in [0.1, 0.15) is 42.0 Å². The number of hydrogen-bond acceptors (Lipinski definition) is 4. The molecule has 2 aromatic rings. The van der Waals surface area contributed by atoms with Gasteiger partial charge in [0.05, 0.1) is 10.8 Å². The van der Waals surface area contributed by atoms with Crippen LogP contribution in [0.15, 0.2) is 23.2 Å². The largest absolute Gasteiger partial charge is 0.481 e. The molecule has 1 heterocycles. The molecule has 2 aliphatic rings. The van der Waals surface area contributed by atoms with Gasteiger partial charge in [0.25, 0.3) is 9.05 Å². The first-order valence-electron chi connectivity index (χ1n) is 7.96. The van der Waals surface area contributed by atoms with Gasteiger partial charge in [0.2, 0.25) is 0 Å². The molecule has 0 aliphatic heterocycles. The number of benzene rings is 1. The van der Waals surface area contributed by atoms with E-state index < -0.39 is 20.9 Å². The van der Waals surface area contributed by atoms with Crippen LogP contribution in [0.2, 0.25) is 0 Å². The molecular formula is C17H16ClNO4S. The Kier molecular flexibility index (Phi) is 3.58. The summed E-state index contributed by atoms with van der Waals surface area (Å²) in [5, 5.41) is 10.6. The smallest absolute Gasteiger partial charge is 0.306 e. The number of halogens is 1. The fourth-order valence-electron chi connectivity index (χ4n) is 3.61. The Hall–Kier alpha value is -1.66. The van der Waals surface area contributed by atoms with E-state index in [4.69, 9.17) is 10.7 Å². The van der Waals surface area contributed by atoms with E-state index in [2.05, 4.69) is 4.98 Å². The van der Waals surface area contributed by atoms with Crippen LogP contribution in [0.5, 0.6) is 0 Å². The second-order valence-corrected chi connectivity index (χ2v) is 9.17. The Labute approximate surface area is 144 Å². The highest BCUT2D eigenvalue weighted by molar-refractivity contribution is 8.14. The second-order valence-electron chi connectivity index (χ2n) is 6.66. The molecule has 5 nitrogen and oxygen atoms in total. The summed E-state index contributed by atoms with van der Waals surface area (Å²) >= 11 is 0. The third-order valence-corrected chi connectivity index (χ3v) is 6.41. The van der Waals surface area contributed by atoms with Crippen LogP contribution in [0.4, 0.5) is 0 Å². The van der Waals surface area contributed by atoms with Crippen molar-refractivity contribution in [2.24, 2.45) is 5.92 Å². The zero-order valence-electron chi connectivity index (χ0n) is 12.8. The third kappa shape index (κ3) is 2.67. The Morgan fingerprint density at radius 1 is 1.25 bits per heavy atom. The molecule has 126 valence electrons. The van der Waals surface area contributed by atoms with E-state index in [-0.39, 0.29) is 4.90 Å². The lowest BCUT2D eigenvalue weighted by atomic mass is 9.82. The Bertz CT molecular complexity index is 966. The van der Waals surface area contributed by atoms with Gasteiger partial charge >= 0.3 is 5.97 Å². The first kappa shape index (κ1) is 15.8. The minimum atomic E-state index is -3.93. The number of aromatic nitrogens is 1. The minimum Gasteiger partial charge on any atom is -0.481 e. The van der Waals surface area contributed by atoms with Crippen molar-refractivity contribution in [1.29, 1.82) is 0 Å². The van der Waals surface area contributed by atoms with Gasteiger partial charge in [-0.15, -0.1) is 0 Å². The normalized spacial score (nSPS) is 20.8. The molecule has 24 heavy (non-hydrogen) atoms. The molecule has 4 rings (SSSR count). The van der Waals surface area contributed by atoms with Gasteiger partial charge in [-0.25, -0.2) is 8.42 Å². The monoisotopic (exact) mass is 365 g/mol. The van der Waals surface area contributed by atoms with E-state index in [0.29, 0.717) is 41.5 Å². The zero-order chi connectivity index (χ0) is 17.1. The standard InChI is InChI=1S/C17H16ClNO4S/c18-24(22,23)16-13-4-3-10(17(20)21)5-11(13)6-12-8-19-15(7-14(12)16)9-1-2-9/h6-10H,1-5H2,(H,20,21). The summed E-state index contributed by atoms with van der Waals surface area (Å²) in [7, 11) is 1.82. The quantitative estimate of drug-likeness (QED) is 0.844. The first-order chi connectivity index (χ1) is 11.3. The minimum absolute atomic E-state index is 0.143. The van der Waals surface area contributed by atoms with Crippen LogP contribution in [0.3, 0.4) is 0 Å². The van der Waals surface area contributed by atoms with Crippen LogP contribution in [0.25, 0.3) is 10.8 Å². The topological polar surface area (TPSA) is 84.3 Å². The number of pyridine rings is 1. The second kappa shape index (κ2) is 5.43. The van der Waals surface area contributed by atoms with Crippen molar-refractivity contribution in [1.82, 2.24) is 4.98 Å². The molecular weight excluding hydrogens is 350 g/mol. The predicted octanol–water partition coefficient (Wildman–Crippen LogP) is 3.23. The van der Waals surface area contributed by atoms with Crippen molar-refractivity contribution in [3.8, 4) is 0 Å². The number of nitrogens with zero attached hydrogens (tertiary/aromatic N) is 1. The summed E-state index contributed by atoms with van der Waals surface area (Å²) in [6, 6.07) is 3.71. The number of carboxylic acids is 1. The van der Waals surface area contributed by atoms with Crippen molar-refractivity contribution in [2.45, 2.75) is 42.9 Å². The number of fused-ring (bicyclic) bond motifs is 2. The zero-order valence-corrected chi connectivity index (χ0v) is 14.4. The maximum atomic E-state index is 12.3. The lowest BCUT2D eigenvalue weighted by Gasteiger charge is -2.24. The van der Waals surface area contributed by atoms with E-state index in [1.54, 1.807) is 6.20 Å². The van der Waals surface area contributed by atoms with Crippen molar-refractivity contribution >= 4 is 36.5 Å². The summed E-state index contributed by atoms with van der Waals surface area (Å²) in [6.07, 6.45) is 4.99. The molecule has 1 saturated carbocycles. The van der Waals surface area contributed by atoms with E-state index >= 15 is 0 Å². The van der Waals surface area contributed by atoms with Crippen molar-refractivity contribution in [3.63, 3.8) is 0 Å². The molecule has 0 spiro atoms. The highest BCUT2D eigenvalue weighted by Crippen LogP contribution is 2.42. The van der Waals surface area contributed by atoms with Gasteiger partial charge in [-0.2, -0.15) is 0 Å². The number of rotatable bonds is 3. The van der Waals surface area contributed by atoms with E-state index in [1.807, 2.05) is 12.1 Å². The summed E-state index contributed by atoms with van der Waals surface area (Å²) in [6.45, 7) is 0. The molecule has 1 unspecified atom stereocenters. The number of aliphatic carboxylic acids is 1. The molecule has 0 bridgehead atoms. The Balaban J connectivity index is 1.97. The predicted molar refractivity (Wildman–Crippen MR) is 89.9 cm³/mol. The molecule has 1 aromatic carbocycles. The van der Waals surface area contributed by atoms with Gasteiger partial charge in [0.1, 0.15) is 0 Å². The molecule has 0 amide bonds. The molecule has 1 atom stereocenters. The molecule has 1 fully saturated rings. The Morgan fingerprint density at radius 2 is 2.00 bits per heavy atom. The van der Waals surface area contributed by atoms with Crippen LogP contribution in [-0.2, 0) is 26.7 Å². The lowest BCUT2D eigenvalue weighted by molar-refractivity contribution is -0.142. The summed E-state index contributed by atoms with van der Waals surface area (Å²) in [4.78, 5) is 15.9. The number of hydrogen-bond donors (Lipinski definition) is 1. The average molecular weight is 366 g/mol. The summed E-state index contributed by atoms with van der Waals surface area (Å²) in [5.41, 5.74) is 2.33. The fraction of sp³-hybridized carbons (Fsp3) is 0.412. The van der Waals surface area contributed by atoms with Gasteiger partial charge < -0.3 is 5.11 Å². The van der Waals surface area contributed by atoms with Crippen LogP contribution < -0.4 is 0 Å². The lowest BCUT2D eigenvalue weighted by Crippen LogP contribution is -2.23. The third-order valence-electron chi connectivity index (χ3n) is 4.99. The molecule has 7 heteroatoms. The maximum absolute atomic E-state index is 12.3. The SMILES string of the molecule is O=C(O)C1CCc2c(cc3cnc(C4CC4)cc3c2S(=O)(=O)Cl)C1. The molecule has 0 saturated heterocycles. The van der Waals surface area contributed by atoms with Crippen LogP contribution in [-0.4, -0.2) is 24.5 Å². The Morgan fingerprint density at radius 3 is 2.62 bits per heavy atom. The van der Waals surface area contributed by atoms with Gasteiger partial charge in [0, 0.05) is 39.3 Å². The first-order valence-corrected chi connectivity index (χ1v) is 10.3. The average Bonchev–Trinajstić information content (AvgIpc) is 3.35. The highest BCUT2D eigenvalue weighted by Gasteiger charge is 2.31. The van der Waals surface area contributed by atoms with Crippen molar-refractivity contribution < 1.29 is 18.3 Å². The fourth-order valence-corrected chi connectivity index (χ4v) is 5.11. The molecule has 2 aliphatic carbocycles. The molecule has 0 radical (unpaired) electrons. The van der Waals surface area contributed by atoms with E-state index in [1.165, 1.54) is 0 Å².